The van der Waals surface area contributed by atoms with Gasteiger partial charge >= 0.3 is 69.5 Å². The molecule has 0 radical (unpaired) electrons. The van der Waals surface area contributed by atoms with Crippen molar-refractivity contribution < 1.29 is 3.83 Å². The third kappa shape index (κ3) is 1.01. The maximum atomic E-state index is 11.4. The fourth-order valence-electron chi connectivity index (χ4n) is 1.28. The van der Waals surface area contributed by atoms with Crippen molar-refractivity contribution in [3.63, 3.8) is 0 Å². The first-order chi connectivity index (χ1) is 5.29. The number of hydrogen-bond donors (Lipinski definition) is 0. The Hall–Kier alpha value is -0.661. The van der Waals surface area contributed by atoms with Crippen LogP contribution in [0.1, 0.15) is 0 Å². The fourth-order valence-corrected chi connectivity index (χ4v) is 4.04. The number of fused-ring (bicyclic) bond motifs is 1. The van der Waals surface area contributed by atoms with Crippen molar-refractivity contribution in [2.45, 2.75) is 0 Å². The van der Waals surface area contributed by atoms with Gasteiger partial charge in [-0.1, -0.05) is 0 Å². The molecule has 0 aromatic heterocycles. The van der Waals surface area contributed by atoms with Crippen LogP contribution < -0.4 is 9.36 Å². The molecule has 0 aliphatic carbocycles. The van der Waals surface area contributed by atoms with E-state index in [-0.39, 0.29) is 0 Å². The molecule has 2 rings (SSSR count). The molecule has 1 aliphatic rings. The van der Waals surface area contributed by atoms with Gasteiger partial charge in [0.15, 0.2) is 0 Å². The van der Waals surface area contributed by atoms with Gasteiger partial charge in [0.05, 0.1) is 0 Å². The van der Waals surface area contributed by atoms with Gasteiger partial charge in [-0.3, -0.25) is 0 Å². The van der Waals surface area contributed by atoms with Gasteiger partial charge in [-0.25, -0.2) is 0 Å². The van der Waals surface area contributed by atoms with E-state index < -0.39 is 13.8 Å². The van der Waals surface area contributed by atoms with Crippen molar-refractivity contribution in [3.05, 3.63) is 24.3 Å². The second-order valence-electron chi connectivity index (χ2n) is 2.64. The van der Waals surface area contributed by atoms with Gasteiger partial charge in [0.1, 0.15) is 0 Å². The second-order valence-corrected chi connectivity index (χ2v) is 5.55. The van der Waals surface area contributed by atoms with E-state index in [1.54, 1.807) is 0 Å². The summed E-state index contributed by atoms with van der Waals surface area (Å²) in [6.45, 7) is 0. The second kappa shape index (κ2) is 2.43. The molecule has 58 valence electrons. The molecular weight excluding hydrogens is 205 g/mol. The Bertz CT molecular complexity index is 311. The fraction of sp³-hybridized carbons (Fsp3) is 0.250. The van der Waals surface area contributed by atoms with Crippen LogP contribution in [-0.4, -0.2) is 26.3 Å². The number of anilines is 1. The van der Waals surface area contributed by atoms with Gasteiger partial charge in [0.2, 0.25) is 0 Å². The Morgan fingerprint density at radius 1 is 1.45 bits per heavy atom. The van der Waals surface area contributed by atoms with Crippen molar-refractivity contribution in [3.8, 4) is 0 Å². The summed E-state index contributed by atoms with van der Waals surface area (Å²) in [5, 5.41) is 0. The van der Waals surface area contributed by atoms with Gasteiger partial charge in [-0.2, -0.15) is 0 Å². The zero-order valence-electron chi connectivity index (χ0n) is 6.28. The molecule has 0 spiro atoms. The van der Waals surface area contributed by atoms with Crippen LogP contribution in [0.5, 0.6) is 0 Å². The minimum atomic E-state index is -1.70. The Labute approximate surface area is 69.9 Å². The van der Waals surface area contributed by atoms with E-state index in [0.29, 0.717) is 0 Å². The van der Waals surface area contributed by atoms with E-state index in [9.17, 15) is 3.83 Å². The first kappa shape index (κ1) is 7.01. The van der Waals surface area contributed by atoms with E-state index in [1.807, 2.05) is 31.3 Å². The van der Waals surface area contributed by atoms with Crippen LogP contribution in [0.25, 0.3) is 0 Å². The average Bonchev–Trinajstić information content (AvgIpc) is 2.30. The molecule has 0 saturated heterocycles. The quantitative estimate of drug-likeness (QED) is 0.579. The topological polar surface area (TPSA) is 20.3 Å². The maximum absolute atomic E-state index is 11.4. The van der Waals surface area contributed by atoms with Crippen LogP contribution >= 0.6 is 0 Å². The molecule has 0 saturated carbocycles. The van der Waals surface area contributed by atoms with Gasteiger partial charge in [-0.15, -0.1) is 0 Å². The first-order valence-electron chi connectivity index (χ1n) is 3.47. The van der Waals surface area contributed by atoms with Crippen LogP contribution in [0.2, 0.25) is 0 Å². The summed E-state index contributed by atoms with van der Waals surface area (Å²) in [6.07, 6.45) is 0. The molecule has 0 fully saturated rings. The number of hydrogen-bond acceptors (Lipinski definition) is 2. The summed E-state index contributed by atoms with van der Waals surface area (Å²) in [4.78, 5) is 2.06. The van der Waals surface area contributed by atoms with Crippen molar-refractivity contribution in [2.24, 2.45) is 0 Å². The first-order valence-corrected chi connectivity index (χ1v) is 6.24. The van der Waals surface area contributed by atoms with E-state index >= 15 is 0 Å². The SMILES string of the molecule is CN1C[Se](=O)c2ccccc21. The number of benzene rings is 1. The normalized spacial score (nSPS) is 21.9. The van der Waals surface area contributed by atoms with Gasteiger partial charge in [0.25, 0.3) is 0 Å². The third-order valence-electron chi connectivity index (χ3n) is 1.83. The van der Waals surface area contributed by atoms with E-state index in [2.05, 4.69) is 4.90 Å². The van der Waals surface area contributed by atoms with E-state index in [4.69, 9.17) is 0 Å². The molecule has 0 amide bonds. The van der Waals surface area contributed by atoms with E-state index in [1.165, 1.54) is 0 Å². The summed E-state index contributed by atoms with van der Waals surface area (Å²) in [7, 11) is 1.99. The average molecular weight is 214 g/mol. The Kier molecular flexibility index (Phi) is 1.55. The minimum absolute atomic E-state index is 0.735. The van der Waals surface area contributed by atoms with Gasteiger partial charge in [0, 0.05) is 0 Å². The Balaban J connectivity index is 2.60. The summed E-state index contributed by atoms with van der Waals surface area (Å²) in [6, 6.07) is 7.93. The summed E-state index contributed by atoms with van der Waals surface area (Å²) < 4.78 is 12.5. The predicted octanol–water partition coefficient (Wildman–Crippen LogP) is 0.305. The van der Waals surface area contributed by atoms with Gasteiger partial charge in [-0.05, 0) is 0 Å². The molecule has 3 heteroatoms. The molecule has 1 atom stereocenters. The zero-order valence-corrected chi connectivity index (χ0v) is 7.99. The number of nitrogens with zero attached hydrogens (tertiary/aromatic N) is 1. The zero-order chi connectivity index (χ0) is 7.84. The molecule has 11 heavy (non-hydrogen) atoms. The standard InChI is InChI=1S/C8H9NOSe/c1-9-6-11(10)8-5-3-2-4-7(8)9/h2-5H,6H2,1H3. The van der Waals surface area contributed by atoms with Crippen LogP contribution in [0, 0.1) is 0 Å². The van der Waals surface area contributed by atoms with E-state index in [0.717, 1.165) is 15.6 Å². The van der Waals surface area contributed by atoms with Crippen LogP contribution in [-0.2, 0) is 3.83 Å². The van der Waals surface area contributed by atoms with Crippen molar-refractivity contribution in [1.82, 2.24) is 0 Å². The number of para-hydroxylation sites is 1. The Morgan fingerprint density at radius 2 is 2.18 bits per heavy atom. The van der Waals surface area contributed by atoms with Gasteiger partial charge < -0.3 is 0 Å². The molecule has 1 aromatic carbocycles. The molecular formula is C8H9NOSe. The molecule has 2 nitrogen and oxygen atoms in total. The molecule has 0 bridgehead atoms. The van der Waals surface area contributed by atoms with Crippen molar-refractivity contribution in [2.75, 3.05) is 17.4 Å². The molecule has 1 aliphatic heterocycles. The van der Waals surface area contributed by atoms with Crippen LogP contribution in [0.3, 0.4) is 0 Å². The molecule has 0 N–H and O–H groups in total. The third-order valence-corrected chi connectivity index (χ3v) is 4.89. The van der Waals surface area contributed by atoms with Crippen LogP contribution in [0.15, 0.2) is 24.3 Å². The molecule has 1 aromatic rings. The molecule has 1 unspecified atom stereocenters. The monoisotopic (exact) mass is 215 g/mol. The molecule has 1 heterocycles. The predicted molar refractivity (Wildman–Crippen MR) is 45.8 cm³/mol. The number of rotatable bonds is 0. The van der Waals surface area contributed by atoms with Crippen molar-refractivity contribution >= 4 is 24.0 Å². The summed E-state index contributed by atoms with van der Waals surface area (Å²) in [5.74, 6) is 0. The van der Waals surface area contributed by atoms with Crippen molar-refractivity contribution in [1.29, 1.82) is 0 Å². The van der Waals surface area contributed by atoms with Crippen LogP contribution in [0.4, 0.5) is 5.69 Å². The summed E-state index contributed by atoms with van der Waals surface area (Å²) >= 11 is -1.70. The Morgan fingerprint density at radius 3 is 2.91 bits per heavy atom. The summed E-state index contributed by atoms with van der Waals surface area (Å²) in [5.41, 5.74) is 1.88.